The van der Waals surface area contributed by atoms with E-state index in [0.717, 1.165) is 0 Å². The monoisotopic (exact) mass is 223 g/mol. The minimum Gasteiger partial charge on any atom is -0.398 e. The van der Waals surface area contributed by atoms with Gasteiger partial charge in [0.25, 0.3) is 0 Å². The number of hydrogen-bond donors (Lipinski definition) is 2. The molecule has 0 aromatic rings. The Labute approximate surface area is 96.2 Å². The van der Waals surface area contributed by atoms with Crippen molar-refractivity contribution in [2.45, 2.75) is 45.1 Å². The van der Waals surface area contributed by atoms with E-state index in [1.807, 2.05) is 27.7 Å². The second-order valence-electron chi connectivity index (χ2n) is 5.10. The third-order valence-corrected chi connectivity index (χ3v) is 3.39. The first-order chi connectivity index (χ1) is 7.33. The smallest absolute Gasteiger partial charge is 0.398 e. The van der Waals surface area contributed by atoms with E-state index >= 15 is 0 Å². The van der Waals surface area contributed by atoms with Gasteiger partial charge in [-0.3, -0.25) is 4.99 Å². The van der Waals surface area contributed by atoms with Gasteiger partial charge in [0.05, 0.1) is 16.8 Å². The zero-order valence-corrected chi connectivity index (χ0v) is 10.2. The van der Waals surface area contributed by atoms with E-state index < -0.39 is 7.12 Å². The van der Waals surface area contributed by atoms with Crippen molar-refractivity contribution >= 4 is 12.7 Å². The van der Waals surface area contributed by atoms with Gasteiger partial charge in [-0.25, -0.2) is 0 Å². The molecule has 1 fully saturated rings. The number of hydrogen-bond acceptors (Lipinski definition) is 5. The fourth-order valence-corrected chi connectivity index (χ4v) is 1.61. The maximum absolute atomic E-state index is 5.88. The summed E-state index contributed by atoms with van der Waals surface area (Å²) >= 11 is 0. The van der Waals surface area contributed by atoms with Crippen LogP contribution in [0.2, 0.25) is 0 Å². The highest BCUT2D eigenvalue weighted by molar-refractivity contribution is 6.83. The van der Waals surface area contributed by atoms with Crippen LogP contribution in [0.25, 0.3) is 0 Å². The molecule has 1 saturated heterocycles. The van der Waals surface area contributed by atoms with Gasteiger partial charge < -0.3 is 20.4 Å². The zero-order valence-electron chi connectivity index (χ0n) is 10.2. The van der Waals surface area contributed by atoms with Crippen LogP contribution in [0, 0.1) is 0 Å². The first kappa shape index (κ1) is 11.6. The molecular weight excluding hydrogens is 205 g/mol. The van der Waals surface area contributed by atoms with E-state index in [0.29, 0.717) is 5.61 Å². The Kier molecular flexibility index (Phi) is 2.60. The fraction of sp³-hybridized carbons (Fsp3) is 0.700. The lowest BCUT2D eigenvalue weighted by Gasteiger charge is -2.32. The van der Waals surface area contributed by atoms with Crippen molar-refractivity contribution in [1.82, 2.24) is 5.32 Å². The third kappa shape index (κ3) is 1.77. The van der Waals surface area contributed by atoms with Crippen LogP contribution in [-0.4, -0.2) is 30.1 Å². The molecule has 2 aliphatic heterocycles. The lowest BCUT2D eigenvalue weighted by Crippen LogP contribution is -2.51. The van der Waals surface area contributed by atoms with E-state index in [9.17, 15) is 0 Å². The largest absolute Gasteiger partial charge is 0.513 e. The zero-order chi connectivity index (χ0) is 12.0. The fourth-order valence-electron chi connectivity index (χ4n) is 1.61. The van der Waals surface area contributed by atoms with Crippen molar-refractivity contribution in [2.75, 3.05) is 0 Å². The van der Waals surface area contributed by atoms with Crippen LogP contribution in [-0.2, 0) is 9.31 Å². The Bertz CT molecular complexity index is 336. The summed E-state index contributed by atoms with van der Waals surface area (Å²) in [7, 11) is -0.475. The second-order valence-corrected chi connectivity index (χ2v) is 5.10. The summed E-state index contributed by atoms with van der Waals surface area (Å²) in [6.07, 6.45) is 3.02. The average molecular weight is 223 g/mol. The quantitative estimate of drug-likeness (QED) is 0.632. The molecule has 5 nitrogen and oxygen atoms in total. The highest BCUT2D eigenvalue weighted by Crippen LogP contribution is 2.37. The van der Waals surface area contributed by atoms with Gasteiger partial charge in [0.1, 0.15) is 6.17 Å². The molecule has 1 unspecified atom stereocenters. The first-order valence-electron chi connectivity index (χ1n) is 5.43. The summed E-state index contributed by atoms with van der Waals surface area (Å²) in [6, 6.07) is 0. The Morgan fingerprint density at radius 3 is 2.38 bits per heavy atom. The molecule has 16 heavy (non-hydrogen) atoms. The van der Waals surface area contributed by atoms with E-state index in [4.69, 9.17) is 15.0 Å². The van der Waals surface area contributed by atoms with Crippen LogP contribution < -0.4 is 11.1 Å². The topological polar surface area (TPSA) is 68.9 Å². The highest BCUT2D eigenvalue weighted by Gasteiger charge is 2.54. The van der Waals surface area contributed by atoms with Crippen LogP contribution in [0.4, 0.5) is 0 Å². The van der Waals surface area contributed by atoms with E-state index in [1.165, 1.54) is 0 Å². The molecule has 2 aliphatic rings. The van der Waals surface area contributed by atoms with Crippen molar-refractivity contribution < 1.29 is 9.31 Å². The van der Waals surface area contributed by atoms with Gasteiger partial charge in [-0.2, -0.15) is 0 Å². The molecule has 0 aliphatic carbocycles. The Hall–Kier alpha value is -0.845. The summed E-state index contributed by atoms with van der Waals surface area (Å²) in [5, 5.41) is 2.97. The number of nitrogens with zero attached hydrogens (tertiary/aromatic N) is 1. The van der Waals surface area contributed by atoms with Gasteiger partial charge in [0.15, 0.2) is 0 Å². The van der Waals surface area contributed by atoms with Crippen LogP contribution in [0.3, 0.4) is 0 Å². The summed E-state index contributed by atoms with van der Waals surface area (Å²) in [5.41, 5.74) is 5.84. The molecular formula is C10H18BN3O2. The Morgan fingerprint density at radius 1 is 1.31 bits per heavy atom. The standard InChI is InChI=1S/C10H18BN3O2/c1-9(2)10(3,4)16-11(15-9)7-8(12)14-6-5-13-7/h5-6,8,14H,12H2,1-4H3. The maximum Gasteiger partial charge on any atom is 0.513 e. The summed E-state index contributed by atoms with van der Waals surface area (Å²) in [6.45, 7) is 8.02. The molecule has 0 bridgehead atoms. The minimum atomic E-state index is -0.475. The van der Waals surface area contributed by atoms with Crippen molar-refractivity contribution in [3.63, 3.8) is 0 Å². The SMILES string of the molecule is CC1(C)OB(C2=NC=CNC2N)OC1(C)C. The van der Waals surface area contributed by atoms with Crippen LogP contribution in [0.1, 0.15) is 27.7 Å². The Balaban J connectivity index is 2.20. The second kappa shape index (κ2) is 3.58. The number of aliphatic imine (C=N–C) groups is 1. The molecule has 0 spiro atoms. The van der Waals surface area contributed by atoms with Crippen molar-refractivity contribution in [2.24, 2.45) is 10.7 Å². The average Bonchev–Trinajstić information content (AvgIpc) is 2.36. The number of nitrogens with one attached hydrogen (secondary N) is 1. The molecule has 3 N–H and O–H groups in total. The molecule has 2 heterocycles. The molecule has 6 heteroatoms. The molecule has 0 aromatic carbocycles. The normalized spacial score (nSPS) is 31.2. The van der Waals surface area contributed by atoms with Crippen molar-refractivity contribution in [3.8, 4) is 0 Å². The molecule has 2 rings (SSSR count). The predicted octanol–water partition coefficient (Wildman–Crippen LogP) is 0.418. The van der Waals surface area contributed by atoms with Gasteiger partial charge in [0, 0.05) is 12.4 Å². The van der Waals surface area contributed by atoms with Crippen LogP contribution in [0.5, 0.6) is 0 Å². The van der Waals surface area contributed by atoms with Crippen LogP contribution in [0.15, 0.2) is 17.4 Å². The van der Waals surface area contributed by atoms with Crippen LogP contribution >= 0.6 is 0 Å². The van der Waals surface area contributed by atoms with E-state index in [-0.39, 0.29) is 17.4 Å². The highest BCUT2D eigenvalue weighted by atomic mass is 16.7. The molecule has 0 amide bonds. The summed E-state index contributed by atoms with van der Waals surface area (Å²) in [5.74, 6) is 0. The van der Waals surface area contributed by atoms with E-state index in [1.54, 1.807) is 12.4 Å². The molecule has 0 radical (unpaired) electrons. The lowest BCUT2D eigenvalue weighted by molar-refractivity contribution is 0.00578. The first-order valence-corrected chi connectivity index (χ1v) is 5.43. The minimum absolute atomic E-state index is 0.348. The third-order valence-electron chi connectivity index (χ3n) is 3.39. The lowest BCUT2D eigenvalue weighted by atomic mass is 9.79. The maximum atomic E-state index is 5.88. The van der Waals surface area contributed by atoms with Gasteiger partial charge in [0.2, 0.25) is 0 Å². The predicted molar refractivity (Wildman–Crippen MR) is 63.8 cm³/mol. The van der Waals surface area contributed by atoms with Crippen molar-refractivity contribution in [1.29, 1.82) is 0 Å². The van der Waals surface area contributed by atoms with Gasteiger partial charge in [-0.15, -0.1) is 0 Å². The number of nitrogens with two attached hydrogens (primary N) is 1. The molecule has 0 aromatic heterocycles. The van der Waals surface area contributed by atoms with Gasteiger partial charge >= 0.3 is 7.12 Å². The Morgan fingerprint density at radius 2 is 1.88 bits per heavy atom. The molecule has 0 saturated carbocycles. The summed E-state index contributed by atoms with van der Waals surface area (Å²) < 4.78 is 11.7. The molecule has 88 valence electrons. The van der Waals surface area contributed by atoms with Crippen molar-refractivity contribution in [3.05, 3.63) is 12.4 Å². The van der Waals surface area contributed by atoms with Gasteiger partial charge in [-0.1, -0.05) is 0 Å². The molecule has 1 atom stereocenters. The number of rotatable bonds is 1. The van der Waals surface area contributed by atoms with Gasteiger partial charge in [-0.05, 0) is 27.7 Å². The summed E-state index contributed by atoms with van der Waals surface area (Å²) in [4.78, 5) is 4.22. The van der Waals surface area contributed by atoms with E-state index in [2.05, 4.69) is 10.3 Å².